The second-order valence-electron chi connectivity index (χ2n) is 5.32. The van der Waals surface area contributed by atoms with Gasteiger partial charge in [-0.15, -0.1) is 0 Å². The van der Waals surface area contributed by atoms with Crippen molar-refractivity contribution in [2.75, 3.05) is 13.1 Å². The fourth-order valence-electron chi connectivity index (χ4n) is 2.27. The van der Waals surface area contributed by atoms with E-state index < -0.39 is 11.4 Å². The van der Waals surface area contributed by atoms with E-state index in [9.17, 15) is 19.8 Å². The highest BCUT2D eigenvalue weighted by Crippen LogP contribution is 2.32. The minimum atomic E-state index is -0.824. The van der Waals surface area contributed by atoms with E-state index >= 15 is 0 Å². The lowest BCUT2D eigenvalue weighted by Gasteiger charge is -2.36. The number of carbonyl (C=O) groups is 2. The van der Waals surface area contributed by atoms with Crippen LogP contribution < -0.4 is 0 Å². The van der Waals surface area contributed by atoms with Crippen LogP contribution in [0, 0.1) is 5.41 Å². The predicted octanol–water partition coefficient (Wildman–Crippen LogP) is 2.48. The zero-order valence-corrected chi connectivity index (χ0v) is 12.7. The van der Waals surface area contributed by atoms with Crippen LogP contribution in [0.5, 0.6) is 5.75 Å². The van der Waals surface area contributed by atoms with Crippen molar-refractivity contribution >= 4 is 27.8 Å². The number of phenolic OH excluding ortho intramolecular Hbond substituents is 1. The number of amides is 1. The summed E-state index contributed by atoms with van der Waals surface area (Å²) in [7, 11) is 0. The largest absolute Gasteiger partial charge is 0.507 e. The van der Waals surface area contributed by atoms with Crippen LogP contribution in [-0.2, 0) is 4.79 Å². The number of hydrogen-bond acceptors (Lipinski definition) is 3. The first-order chi connectivity index (χ1) is 9.33. The SMILES string of the molecule is CC1(C(=O)O)CCN(C(=O)c2cc(Br)ccc2O)CC1. The highest BCUT2D eigenvalue weighted by molar-refractivity contribution is 9.10. The average molecular weight is 342 g/mol. The molecule has 0 atom stereocenters. The summed E-state index contributed by atoms with van der Waals surface area (Å²) < 4.78 is 0.714. The number of benzene rings is 1. The maximum absolute atomic E-state index is 12.4. The first kappa shape index (κ1) is 14.8. The van der Waals surface area contributed by atoms with Crippen LogP contribution in [0.1, 0.15) is 30.1 Å². The van der Waals surface area contributed by atoms with Crippen molar-refractivity contribution in [2.45, 2.75) is 19.8 Å². The molecule has 0 unspecified atom stereocenters. The average Bonchev–Trinajstić information content (AvgIpc) is 2.41. The topological polar surface area (TPSA) is 77.8 Å². The number of carboxylic acid groups (broad SMARTS) is 1. The Kier molecular flexibility index (Phi) is 4.04. The Labute approximate surface area is 125 Å². The molecule has 1 saturated heterocycles. The van der Waals surface area contributed by atoms with Crippen molar-refractivity contribution in [2.24, 2.45) is 5.41 Å². The number of phenols is 1. The van der Waals surface area contributed by atoms with Crippen molar-refractivity contribution in [3.63, 3.8) is 0 Å². The summed E-state index contributed by atoms with van der Waals surface area (Å²) in [5, 5.41) is 18.9. The molecule has 5 nitrogen and oxygen atoms in total. The molecule has 2 rings (SSSR count). The van der Waals surface area contributed by atoms with Crippen molar-refractivity contribution in [3.05, 3.63) is 28.2 Å². The molecule has 0 radical (unpaired) electrons. The number of carbonyl (C=O) groups excluding carboxylic acids is 1. The van der Waals surface area contributed by atoms with Gasteiger partial charge in [0.15, 0.2) is 0 Å². The molecule has 108 valence electrons. The first-order valence-electron chi connectivity index (χ1n) is 6.35. The molecule has 0 spiro atoms. The molecule has 1 aliphatic heterocycles. The zero-order valence-electron chi connectivity index (χ0n) is 11.1. The van der Waals surface area contributed by atoms with Gasteiger partial charge in [-0.05, 0) is 38.0 Å². The summed E-state index contributed by atoms with van der Waals surface area (Å²) in [5.74, 6) is -1.16. The van der Waals surface area contributed by atoms with Crippen LogP contribution in [0.2, 0.25) is 0 Å². The number of likely N-dealkylation sites (tertiary alicyclic amines) is 1. The Morgan fingerprint density at radius 1 is 1.30 bits per heavy atom. The first-order valence-corrected chi connectivity index (χ1v) is 7.14. The fourth-order valence-corrected chi connectivity index (χ4v) is 2.63. The Balaban J connectivity index is 2.13. The standard InChI is InChI=1S/C14H16BrNO4/c1-14(13(19)20)4-6-16(7-5-14)12(18)10-8-9(15)2-3-11(10)17/h2-3,8,17H,4-7H2,1H3,(H,19,20). The summed E-state index contributed by atoms with van der Waals surface area (Å²) in [4.78, 5) is 25.1. The number of halogens is 1. The van der Waals surface area contributed by atoms with Gasteiger partial charge in [0.2, 0.25) is 0 Å². The van der Waals surface area contributed by atoms with Gasteiger partial charge in [-0.1, -0.05) is 15.9 Å². The van der Waals surface area contributed by atoms with Crippen LogP contribution >= 0.6 is 15.9 Å². The fraction of sp³-hybridized carbons (Fsp3) is 0.429. The molecule has 1 aromatic rings. The number of aromatic hydroxyl groups is 1. The number of piperidine rings is 1. The van der Waals surface area contributed by atoms with E-state index in [1.165, 1.54) is 6.07 Å². The molecule has 1 aliphatic rings. The smallest absolute Gasteiger partial charge is 0.309 e. The Morgan fingerprint density at radius 2 is 1.90 bits per heavy atom. The van der Waals surface area contributed by atoms with E-state index in [0.717, 1.165) is 0 Å². The molecule has 2 N–H and O–H groups in total. The van der Waals surface area contributed by atoms with Gasteiger partial charge in [-0.3, -0.25) is 9.59 Å². The molecule has 1 amide bonds. The lowest BCUT2D eigenvalue weighted by Crippen LogP contribution is -2.45. The molecule has 0 aromatic heterocycles. The Bertz CT molecular complexity index is 550. The van der Waals surface area contributed by atoms with Crippen LogP contribution in [0.4, 0.5) is 0 Å². The van der Waals surface area contributed by atoms with Crippen molar-refractivity contribution in [1.82, 2.24) is 4.90 Å². The van der Waals surface area contributed by atoms with E-state index in [4.69, 9.17) is 0 Å². The number of carboxylic acids is 1. The Morgan fingerprint density at radius 3 is 2.45 bits per heavy atom. The van der Waals surface area contributed by atoms with Gasteiger partial charge in [-0.2, -0.15) is 0 Å². The second kappa shape index (κ2) is 5.44. The van der Waals surface area contributed by atoms with Crippen molar-refractivity contribution < 1.29 is 19.8 Å². The number of rotatable bonds is 2. The van der Waals surface area contributed by atoms with Gasteiger partial charge >= 0.3 is 5.97 Å². The van der Waals surface area contributed by atoms with Gasteiger partial charge < -0.3 is 15.1 Å². The summed E-state index contributed by atoms with van der Waals surface area (Å²) >= 11 is 3.27. The summed E-state index contributed by atoms with van der Waals surface area (Å²) in [6.45, 7) is 2.47. The zero-order chi connectivity index (χ0) is 14.9. The summed E-state index contributed by atoms with van der Waals surface area (Å²) in [5.41, 5.74) is -0.533. The van der Waals surface area contributed by atoms with Gasteiger partial charge in [0.05, 0.1) is 11.0 Å². The lowest BCUT2D eigenvalue weighted by atomic mass is 9.80. The number of nitrogens with zero attached hydrogens (tertiary/aromatic N) is 1. The van der Waals surface area contributed by atoms with E-state index in [2.05, 4.69) is 15.9 Å². The lowest BCUT2D eigenvalue weighted by molar-refractivity contribution is -0.150. The molecular weight excluding hydrogens is 326 g/mol. The molecular formula is C14H16BrNO4. The molecule has 20 heavy (non-hydrogen) atoms. The third-order valence-electron chi connectivity index (χ3n) is 3.86. The van der Waals surface area contributed by atoms with Gasteiger partial charge in [0.1, 0.15) is 5.75 Å². The van der Waals surface area contributed by atoms with E-state index in [1.807, 2.05) is 0 Å². The van der Waals surface area contributed by atoms with Gasteiger partial charge in [0.25, 0.3) is 5.91 Å². The minimum absolute atomic E-state index is 0.0650. The molecule has 6 heteroatoms. The summed E-state index contributed by atoms with van der Waals surface area (Å²) in [6.07, 6.45) is 0.839. The van der Waals surface area contributed by atoms with Crippen LogP contribution in [0.3, 0.4) is 0 Å². The van der Waals surface area contributed by atoms with Crippen LogP contribution in [0.25, 0.3) is 0 Å². The van der Waals surface area contributed by atoms with Gasteiger partial charge in [-0.25, -0.2) is 0 Å². The number of hydrogen-bond donors (Lipinski definition) is 2. The van der Waals surface area contributed by atoms with Crippen molar-refractivity contribution in [1.29, 1.82) is 0 Å². The summed E-state index contributed by atoms with van der Waals surface area (Å²) in [6, 6.07) is 4.69. The number of aliphatic carboxylic acids is 1. The maximum Gasteiger partial charge on any atom is 0.309 e. The normalized spacial score (nSPS) is 17.8. The van der Waals surface area contributed by atoms with E-state index in [0.29, 0.717) is 30.4 Å². The molecule has 1 aromatic carbocycles. The molecule has 1 heterocycles. The molecule has 1 fully saturated rings. The van der Waals surface area contributed by atoms with E-state index in [-0.39, 0.29) is 17.2 Å². The van der Waals surface area contributed by atoms with Gasteiger partial charge in [0, 0.05) is 17.6 Å². The predicted molar refractivity (Wildman–Crippen MR) is 76.7 cm³/mol. The molecule has 0 aliphatic carbocycles. The highest BCUT2D eigenvalue weighted by atomic mass is 79.9. The minimum Gasteiger partial charge on any atom is -0.507 e. The third-order valence-corrected chi connectivity index (χ3v) is 4.35. The monoisotopic (exact) mass is 341 g/mol. The molecule has 0 saturated carbocycles. The highest BCUT2D eigenvalue weighted by Gasteiger charge is 2.38. The maximum atomic E-state index is 12.4. The second-order valence-corrected chi connectivity index (χ2v) is 6.24. The molecule has 0 bridgehead atoms. The van der Waals surface area contributed by atoms with Crippen LogP contribution in [-0.4, -0.2) is 40.1 Å². The van der Waals surface area contributed by atoms with E-state index in [1.54, 1.807) is 24.0 Å². The van der Waals surface area contributed by atoms with Crippen LogP contribution in [0.15, 0.2) is 22.7 Å². The van der Waals surface area contributed by atoms with Crippen molar-refractivity contribution in [3.8, 4) is 5.75 Å². The Hall–Kier alpha value is -1.56. The third kappa shape index (κ3) is 2.80. The quantitative estimate of drug-likeness (QED) is 0.866.